The Morgan fingerprint density at radius 1 is 1.62 bits per heavy atom. The number of nitrogens with zero attached hydrogens (tertiary/aromatic N) is 1. The van der Waals surface area contributed by atoms with Crippen molar-refractivity contribution in [3.05, 3.63) is 0 Å². The van der Waals surface area contributed by atoms with Crippen LogP contribution in [0.25, 0.3) is 0 Å². The van der Waals surface area contributed by atoms with Crippen molar-refractivity contribution < 1.29 is 18.3 Å². The van der Waals surface area contributed by atoms with Gasteiger partial charge in [0, 0.05) is 19.6 Å². The normalized spacial score (nSPS) is 25.6. The number of sulfonamides is 1. The van der Waals surface area contributed by atoms with Gasteiger partial charge in [0.1, 0.15) is 0 Å². The van der Waals surface area contributed by atoms with E-state index in [-0.39, 0.29) is 19.3 Å². The smallest absolute Gasteiger partial charge is 0.216 e. The van der Waals surface area contributed by atoms with Crippen molar-refractivity contribution in [2.24, 2.45) is 0 Å². The fraction of sp³-hybridized carbons (Fsp3) is 1.00. The standard InChI is InChI=1S/C9H20N2O4S/c1-8(7-12)16(13,14)10-5-9-6-11(2)3-4-15-9/h8-10,12H,3-7H2,1-2H3. The largest absolute Gasteiger partial charge is 0.395 e. The van der Waals surface area contributed by atoms with Crippen LogP contribution in [0.2, 0.25) is 0 Å². The van der Waals surface area contributed by atoms with E-state index in [9.17, 15) is 8.42 Å². The van der Waals surface area contributed by atoms with Gasteiger partial charge in [-0.15, -0.1) is 0 Å². The molecule has 0 aromatic carbocycles. The van der Waals surface area contributed by atoms with Gasteiger partial charge in [-0.25, -0.2) is 13.1 Å². The van der Waals surface area contributed by atoms with Crippen LogP contribution in [0.4, 0.5) is 0 Å². The summed E-state index contributed by atoms with van der Waals surface area (Å²) in [5, 5.41) is 8.01. The summed E-state index contributed by atoms with van der Waals surface area (Å²) in [5.41, 5.74) is 0. The number of hydrogen-bond donors (Lipinski definition) is 2. The fourth-order valence-electron chi connectivity index (χ4n) is 1.44. The van der Waals surface area contributed by atoms with Crippen LogP contribution >= 0.6 is 0 Å². The molecule has 1 aliphatic heterocycles. The lowest BCUT2D eigenvalue weighted by atomic mass is 10.3. The predicted octanol–water partition coefficient (Wildman–Crippen LogP) is -1.38. The van der Waals surface area contributed by atoms with Gasteiger partial charge in [-0.05, 0) is 14.0 Å². The van der Waals surface area contributed by atoms with Crippen molar-refractivity contribution in [2.75, 3.05) is 39.9 Å². The van der Waals surface area contributed by atoms with Crippen LogP contribution in [0.15, 0.2) is 0 Å². The predicted molar refractivity (Wildman–Crippen MR) is 60.7 cm³/mol. The zero-order valence-electron chi connectivity index (χ0n) is 9.72. The second-order valence-corrected chi connectivity index (χ2v) is 6.33. The first-order valence-corrected chi connectivity index (χ1v) is 6.90. The van der Waals surface area contributed by atoms with E-state index in [2.05, 4.69) is 9.62 Å². The van der Waals surface area contributed by atoms with Gasteiger partial charge in [-0.3, -0.25) is 0 Å². The molecule has 1 heterocycles. The molecular weight excluding hydrogens is 232 g/mol. The molecule has 0 spiro atoms. The summed E-state index contributed by atoms with van der Waals surface area (Å²) in [4.78, 5) is 2.10. The van der Waals surface area contributed by atoms with E-state index in [1.807, 2.05) is 7.05 Å². The molecule has 1 fully saturated rings. The molecule has 0 bridgehead atoms. The van der Waals surface area contributed by atoms with Crippen LogP contribution in [0.1, 0.15) is 6.92 Å². The SMILES string of the molecule is CC(CO)S(=O)(=O)NCC1CN(C)CCO1. The van der Waals surface area contributed by atoms with Gasteiger partial charge in [0.25, 0.3) is 0 Å². The Bertz CT molecular complexity index is 307. The molecule has 2 unspecified atom stereocenters. The van der Waals surface area contributed by atoms with Crippen LogP contribution in [0.3, 0.4) is 0 Å². The number of aliphatic hydroxyl groups is 1. The molecule has 7 heteroatoms. The molecule has 0 aliphatic carbocycles. The van der Waals surface area contributed by atoms with E-state index in [0.29, 0.717) is 6.61 Å². The van der Waals surface area contributed by atoms with Crippen molar-refractivity contribution in [2.45, 2.75) is 18.3 Å². The number of hydrogen-bond acceptors (Lipinski definition) is 5. The van der Waals surface area contributed by atoms with Gasteiger partial charge in [0.05, 0.1) is 24.6 Å². The van der Waals surface area contributed by atoms with E-state index in [1.165, 1.54) is 6.92 Å². The summed E-state index contributed by atoms with van der Waals surface area (Å²) in [7, 11) is -1.45. The van der Waals surface area contributed by atoms with Crippen molar-refractivity contribution in [3.63, 3.8) is 0 Å². The molecule has 0 saturated carbocycles. The lowest BCUT2D eigenvalue weighted by molar-refractivity contribution is -0.0156. The third kappa shape index (κ3) is 3.99. The maximum Gasteiger partial charge on any atom is 0.216 e. The van der Waals surface area contributed by atoms with Crippen molar-refractivity contribution in [3.8, 4) is 0 Å². The number of ether oxygens (including phenoxy) is 1. The second kappa shape index (κ2) is 5.92. The summed E-state index contributed by atoms with van der Waals surface area (Å²) < 4.78 is 31.0. The summed E-state index contributed by atoms with van der Waals surface area (Å²) in [6.07, 6.45) is -0.112. The maximum absolute atomic E-state index is 11.5. The molecule has 2 N–H and O–H groups in total. The lowest BCUT2D eigenvalue weighted by Gasteiger charge is -2.30. The first-order valence-electron chi connectivity index (χ1n) is 5.35. The molecule has 0 radical (unpaired) electrons. The number of rotatable bonds is 5. The second-order valence-electron chi connectivity index (χ2n) is 4.14. The van der Waals surface area contributed by atoms with Crippen LogP contribution in [-0.4, -0.2) is 69.7 Å². The van der Waals surface area contributed by atoms with Crippen LogP contribution in [0, 0.1) is 0 Å². The number of aliphatic hydroxyl groups excluding tert-OH is 1. The minimum Gasteiger partial charge on any atom is -0.395 e. The van der Waals surface area contributed by atoms with Gasteiger partial charge in [0.2, 0.25) is 10.0 Å². The first-order chi connectivity index (χ1) is 7.45. The van der Waals surface area contributed by atoms with E-state index >= 15 is 0 Å². The molecule has 0 aromatic rings. The highest BCUT2D eigenvalue weighted by molar-refractivity contribution is 7.90. The Morgan fingerprint density at radius 2 is 2.31 bits per heavy atom. The molecule has 6 nitrogen and oxygen atoms in total. The third-order valence-corrected chi connectivity index (χ3v) is 4.42. The molecule has 0 aromatic heterocycles. The highest BCUT2D eigenvalue weighted by atomic mass is 32.2. The maximum atomic E-state index is 11.5. The van der Waals surface area contributed by atoms with Crippen LogP contribution in [0.5, 0.6) is 0 Å². The Balaban J connectivity index is 2.39. The average Bonchev–Trinajstić information content (AvgIpc) is 2.25. The Labute approximate surface area is 96.6 Å². The van der Waals surface area contributed by atoms with Gasteiger partial charge >= 0.3 is 0 Å². The number of likely N-dealkylation sites (N-methyl/N-ethyl adjacent to an activating group) is 1. The van der Waals surface area contributed by atoms with E-state index in [1.54, 1.807) is 0 Å². The molecule has 1 aliphatic rings. The van der Waals surface area contributed by atoms with Gasteiger partial charge in [0.15, 0.2) is 0 Å². The summed E-state index contributed by atoms with van der Waals surface area (Å²) >= 11 is 0. The number of nitrogens with one attached hydrogen (secondary N) is 1. The zero-order valence-corrected chi connectivity index (χ0v) is 10.5. The topological polar surface area (TPSA) is 78.9 Å². The molecule has 1 saturated heterocycles. The first kappa shape index (κ1) is 13.9. The Kier molecular flexibility index (Phi) is 5.13. The highest BCUT2D eigenvalue weighted by Crippen LogP contribution is 2.03. The average molecular weight is 252 g/mol. The van der Waals surface area contributed by atoms with Crippen molar-refractivity contribution in [1.82, 2.24) is 9.62 Å². The molecular formula is C9H20N2O4S. The summed E-state index contributed by atoms with van der Waals surface area (Å²) in [6, 6.07) is 0. The van der Waals surface area contributed by atoms with Crippen LogP contribution < -0.4 is 4.72 Å². The summed E-state index contributed by atoms with van der Waals surface area (Å²) in [5.74, 6) is 0. The van der Waals surface area contributed by atoms with E-state index < -0.39 is 15.3 Å². The molecule has 16 heavy (non-hydrogen) atoms. The van der Waals surface area contributed by atoms with E-state index in [4.69, 9.17) is 9.84 Å². The Morgan fingerprint density at radius 3 is 2.88 bits per heavy atom. The number of morpholine rings is 1. The molecule has 2 atom stereocenters. The monoisotopic (exact) mass is 252 g/mol. The van der Waals surface area contributed by atoms with E-state index in [0.717, 1.165) is 13.1 Å². The minimum atomic E-state index is -3.43. The fourth-order valence-corrected chi connectivity index (χ4v) is 2.34. The lowest BCUT2D eigenvalue weighted by Crippen LogP contribution is -2.47. The highest BCUT2D eigenvalue weighted by Gasteiger charge is 2.23. The zero-order chi connectivity index (χ0) is 12.2. The van der Waals surface area contributed by atoms with Crippen molar-refractivity contribution in [1.29, 1.82) is 0 Å². The molecule has 0 amide bonds. The minimum absolute atomic E-state index is 0.112. The Hall–Kier alpha value is -0.210. The van der Waals surface area contributed by atoms with Gasteiger partial charge < -0.3 is 14.7 Å². The molecule has 96 valence electrons. The summed E-state index contributed by atoms with van der Waals surface area (Å²) in [6.45, 7) is 3.57. The molecule has 1 rings (SSSR count). The quantitative estimate of drug-likeness (QED) is 0.630. The van der Waals surface area contributed by atoms with Gasteiger partial charge in [-0.2, -0.15) is 0 Å². The van der Waals surface area contributed by atoms with Crippen LogP contribution in [-0.2, 0) is 14.8 Å². The third-order valence-electron chi connectivity index (χ3n) is 2.64. The van der Waals surface area contributed by atoms with Crippen molar-refractivity contribution >= 4 is 10.0 Å². The van der Waals surface area contributed by atoms with Gasteiger partial charge in [-0.1, -0.05) is 0 Å².